The van der Waals surface area contributed by atoms with E-state index in [1.165, 1.54) is 11.3 Å². The second-order valence-electron chi connectivity index (χ2n) is 5.32. The highest BCUT2D eigenvalue weighted by atomic mass is 35.5. The monoisotopic (exact) mass is 335 g/mol. The molecule has 114 valence electrons. The van der Waals surface area contributed by atoms with Crippen molar-refractivity contribution in [3.05, 3.63) is 15.8 Å². The molecule has 1 unspecified atom stereocenters. The van der Waals surface area contributed by atoms with Gasteiger partial charge in [0.1, 0.15) is 0 Å². The third kappa shape index (κ3) is 3.21. The molecule has 0 aliphatic carbocycles. The van der Waals surface area contributed by atoms with Gasteiger partial charge in [-0.25, -0.2) is 8.42 Å². The van der Waals surface area contributed by atoms with E-state index < -0.39 is 10.0 Å². The Hall–Kier alpha value is -0.100. The van der Waals surface area contributed by atoms with Gasteiger partial charge in [-0.3, -0.25) is 0 Å². The lowest BCUT2D eigenvalue weighted by Gasteiger charge is -2.34. The maximum atomic E-state index is 12.9. The van der Waals surface area contributed by atoms with Crippen LogP contribution in [0.4, 0.5) is 0 Å². The van der Waals surface area contributed by atoms with Crippen LogP contribution in [0.3, 0.4) is 0 Å². The SMILES string of the molecule is CCCC1CCCCN1S(=O)(=O)c1cc(CCl)sc1C. The molecule has 1 aliphatic rings. The van der Waals surface area contributed by atoms with Crippen molar-refractivity contribution < 1.29 is 8.42 Å². The number of sulfonamides is 1. The normalized spacial score (nSPS) is 21.2. The molecule has 1 aromatic heterocycles. The molecule has 6 heteroatoms. The minimum atomic E-state index is -3.37. The third-order valence-electron chi connectivity index (χ3n) is 3.84. The number of hydrogen-bond acceptors (Lipinski definition) is 3. The fourth-order valence-corrected chi connectivity index (χ4v) is 6.31. The number of alkyl halides is 1. The van der Waals surface area contributed by atoms with Crippen LogP contribution in [0.15, 0.2) is 11.0 Å². The number of rotatable bonds is 5. The standard InChI is InChI=1S/C14H22ClNO2S2/c1-3-6-12-7-4-5-8-16(12)20(17,18)14-9-13(10-15)19-11(14)2/h9,12H,3-8,10H2,1-2H3. The Bertz CT molecular complexity index is 552. The quantitative estimate of drug-likeness (QED) is 0.758. The van der Waals surface area contributed by atoms with E-state index in [0.717, 1.165) is 41.9 Å². The summed E-state index contributed by atoms with van der Waals surface area (Å²) >= 11 is 7.31. The van der Waals surface area contributed by atoms with Gasteiger partial charge in [-0.15, -0.1) is 22.9 Å². The molecule has 0 N–H and O–H groups in total. The van der Waals surface area contributed by atoms with Gasteiger partial charge in [0, 0.05) is 22.3 Å². The lowest BCUT2D eigenvalue weighted by Crippen LogP contribution is -2.43. The van der Waals surface area contributed by atoms with Gasteiger partial charge in [-0.2, -0.15) is 4.31 Å². The molecule has 0 spiro atoms. The zero-order chi connectivity index (χ0) is 14.8. The Balaban J connectivity index is 2.34. The third-order valence-corrected chi connectivity index (χ3v) is 7.54. The summed E-state index contributed by atoms with van der Waals surface area (Å²) < 4.78 is 27.6. The van der Waals surface area contributed by atoms with Crippen LogP contribution in [0.1, 0.15) is 48.8 Å². The number of thiophene rings is 1. The van der Waals surface area contributed by atoms with Gasteiger partial charge in [-0.05, 0) is 32.3 Å². The highest BCUT2D eigenvalue weighted by Crippen LogP contribution is 2.33. The van der Waals surface area contributed by atoms with Gasteiger partial charge in [-0.1, -0.05) is 19.8 Å². The van der Waals surface area contributed by atoms with Crippen molar-refractivity contribution >= 4 is 33.0 Å². The zero-order valence-electron chi connectivity index (χ0n) is 12.1. The first kappa shape index (κ1) is 16.3. The number of hydrogen-bond donors (Lipinski definition) is 0. The van der Waals surface area contributed by atoms with Gasteiger partial charge < -0.3 is 0 Å². The fourth-order valence-electron chi connectivity index (χ4n) is 2.88. The Labute approximate surface area is 131 Å². The Kier molecular flexibility index (Phi) is 5.51. The van der Waals surface area contributed by atoms with Crippen LogP contribution in [0, 0.1) is 6.92 Å². The Morgan fingerprint density at radius 3 is 2.80 bits per heavy atom. The van der Waals surface area contributed by atoms with Crippen LogP contribution < -0.4 is 0 Å². The molecular formula is C14H22ClNO2S2. The molecule has 20 heavy (non-hydrogen) atoms. The molecule has 1 atom stereocenters. The van der Waals surface area contributed by atoms with Gasteiger partial charge in [0.05, 0.1) is 10.8 Å². The van der Waals surface area contributed by atoms with Crippen molar-refractivity contribution in [3.63, 3.8) is 0 Å². The molecule has 0 aromatic carbocycles. The molecule has 3 nitrogen and oxygen atoms in total. The van der Waals surface area contributed by atoms with E-state index in [1.807, 2.05) is 6.92 Å². The highest BCUT2D eigenvalue weighted by molar-refractivity contribution is 7.89. The zero-order valence-corrected chi connectivity index (χ0v) is 14.5. The van der Waals surface area contributed by atoms with E-state index in [4.69, 9.17) is 11.6 Å². The van der Waals surface area contributed by atoms with Gasteiger partial charge in [0.15, 0.2) is 0 Å². The van der Waals surface area contributed by atoms with E-state index in [-0.39, 0.29) is 6.04 Å². The van der Waals surface area contributed by atoms with Crippen LogP contribution in [-0.4, -0.2) is 25.3 Å². The van der Waals surface area contributed by atoms with Crippen molar-refractivity contribution in [3.8, 4) is 0 Å². The van der Waals surface area contributed by atoms with Crippen molar-refractivity contribution in [2.24, 2.45) is 0 Å². The van der Waals surface area contributed by atoms with Crippen LogP contribution in [0.5, 0.6) is 0 Å². The number of aryl methyl sites for hydroxylation is 1. The molecular weight excluding hydrogens is 314 g/mol. The van der Waals surface area contributed by atoms with Crippen LogP contribution in [0.25, 0.3) is 0 Å². The van der Waals surface area contributed by atoms with Crippen molar-refractivity contribution in [1.82, 2.24) is 4.31 Å². The maximum absolute atomic E-state index is 12.9. The summed E-state index contributed by atoms with van der Waals surface area (Å²) in [5, 5.41) is 0. The Morgan fingerprint density at radius 1 is 1.45 bits per heavy atom. The molecule has 1 aliphatic heterocycles. The molecule has 1 saturated heterocycles. The van der Waals surface area contributed by atoms with Crippen molar-refractivity contribution in [2.75, 3.05) is 6.54 Å². The lowest BCUT2D eigenvalue weighted by atomic mass is 10.0. The summed E-state index contributed by atoms with van der Waals surface area (Å²) in [4.78, 5) is 2.23. The van der Waals surface area contributed by atoms with E-state index in [1.54, 1.807) is 10.4 Å². The lowest BCUT2D eigenvalue weighted by molar-refractivity contribution is 0.239. The van der Waals surface area contributed by atoms with E-state index in [2.05, 4.69) is 6.92 Å². The summed E-state index contributed by atoms with van der Waals surface area (Å²) in [5.74, 6) is 0.374. The highest BCUT2D eigenvalue weighted by Gasteiger charge is 2.34. The average Bonchev–Trinajstić information content (AvgIpc) is 2.82. The number of halogens is 1. The second-order valence-corrected chi connectivity index (χ2v) is 8.79. The predicted molar refractivity (Wildman–Crippen MR) is 85.1 cm³/mol. The Morgan fingerprint density at radius 2 is 2.20 bits per heavy atom. The molecule has 0 bridgehead atoms. The minimum absolute atomic E-state index is 0.164. The summed E-state index contributed by atoms with van der Waals surface area (Å²) in [6.07, 6.45) is 5.05. The number of nitrogens with zero attached hydrogens (tertiary/aromatic N) is 1. The first-order chi connectivity index (χ1) is 9.50. The summed E-state index contributed by atoms with van der Waals surface area (Å²) in [7, 11) is -3.37. The van der Waals surface area contributed by atoms with E-state index in [0.29, 0.717) is 17.3 Å². The molecule has 1 aromatic rings. The smallest absolute Gasteiger partial charge is 0.207 e. The molecule has 0 radical (unpaired) electrons. The van der Waals surface area contributed by atoms with E-state index in [9.17, 15) is 8.42 Å². The summed E-state index contributed by atoms with van der Waals surface area (Å²) in [6.45, 7) is 4.63. The summed E-state index contributed by atoms with van der Waals surface area (Å²) in [6, 6.07) is 1.91. The van der Waals surface area contributed by atoms with Crippen molar-refractivity contribution in [1.29, 1.82) is 0 Å². The molecule has 2 heterocycles. The van der Waals surface area contributed by atoms with Gasteiger partial charge in [0.25, 0.3) is 0 Å². The largest absolute Gasteiger partial charge is 0.244 e. The maximum Gasteiger partial charge on any atom is 0.244 e. The molecule has 1 fully saturated rings. The number of piperidine rings is 1. The molecule has 0 saturated carbocycles. The van der Waals surface area contributed by atoms with E-state index >= 15 is 0 Å². The summed E-state index contributed by atoms with van der Waals surface area (Å²) in [5.41, 5.74) is 0. The van der Waals surface area contributed by atoms with Crippen LogP contribution in [-0.2, 0) is 15.9 Å². The fraction of sp³-hybridized carbons (Fsp3) is 0.714. The van der Waals surface area contributed by atoms with Gasteiger partial charge in [0.2, 0.25) is 10.0 Å². The topological polar surface area (TPSA) is 37.4 Å². The predicted octanol–water partition coefficient (Wildman–Crippen LogP) is 4.14. The second kappa shape index (κ2) is 6.77. The van der Waals surface area contributed by atoms with Gasteiger partial charge >= 0.3 is 0 Å². The van der Waals surface area contributed by atoms with Crippen LogP contribution in [0.2, 0.25) is 0 Å². The average molecular weight is 336 g/mol. The minimum Gasteiger partial charge on any atom is -0.207 e. The first-order valence-corrected chi connectivity index (χ1v) is 9.97. The molecule has 0 amide bonds. The molecule has 2 rings (SSSR count). The van der Waals surface area contributed by atoms with Crippen LogP contribution >= 0.6 is 22.9 Å². The first-order valence-electron chi connectivity index (χ1n) is 7.17. The van der Waals surface area contributed by atoms with Crippen molar-refractivity contribution in [2.45, 2.75) is 62.8 Å².